The van der Waals surface area contributed by atoms with Crippen molar-refractivity contribution in [3.63, 3.8) is 0 Å². The molecule has 1 aromatic carbocycles. The molecule has 1 aliphatic carbocycles. The zero-order valence-electron chi connectivity index (χ0n) is 12.4. The van der Waals surface area contributed by atoms with Gasteiger partial charge in [0.2, 0.25) is 0 Å². The van der Waals surface area contributed by atoms with Gasteiger partial charge in [0.1, 0.15) is 0 Å². The number of aromatic nitrogens is 1. The van der Waals surface area contributed by atoms with Gasteiger partial charge in [-0.25, -0.2) is 0 Å². The Morgan fingerprint density at radius 1 is 1.24 bits per heavy atom. The first kappa shape index (κ1) is 14.6. The summed E-state index contributed by atoms with van der Waals surface area (Å²) in [4.78, 5) is 3.49. The molecule has 0 spiro atoms. The molecule has 0 fully saturated rings. The van der Waals surface area contributed by atoms with Crippen molar-refractivity contribution in [1.29, 1.82) is 0 Å². The van der Waals surface area contributed by atoms with E-state index in [0.717, 1.165) is 23.9 Å². The molecule has 21 heavy (non-hydrogen) atoms. The van der Waals surface area contributed by atoms with E-state index in [2.05, 4.69) is 15.8 Å². The van der Waals surface area contributed by atoms with Crippen molar-refractivity contribution in [2.45, 2.75) is 32.2 Å². The molecule has 0 aliphatic heterocycles. The van der Waals surface area contributed by atoms with Crippen LogP contribution < -0.4 is 4.72 Å². The number of nitrogens with one attached hydrogen (secondary N) is 2. The molecule has 2 N–H and O–H groups in total. The molecule has 0 bridgehead atoms. The highest BCUT2D eigenvalue weighted by molar-refractivity contribution is 7.87. The van der Waals surface area contributed by atoms with Crippen molar-refractivity contribution in [3.8, 4) is 0 Å². The summed E-state index contributed by atoms with van der Waals surface area (Å²) in [6.45, 7) is 0.316. The Morgan fingerprint density at radius 2 is 2.00 bits per heavy atom. The third-order valence-corrected chi connectivity index (χ3v) is 5.57. The maximum atomic E-state index is 11.8. The van der Waals surface area contributed by atoms with Crippen molar-refractivity contribution in [1.82, 2.24) is 14.0 Å². The average Bonchev–Trinajstić information content (AvgIpc) is 2.83. The second-order valence-electron chi connectivity index (χ2n) is 5.78. The van der Waals surface area contributed by atoms with Crippen LogP contribution in [0.1, 0.15) is 29.7 Å². The van der Waals surface area contributed by atoms with Gasteiger partial charge in [0, 0.05) is 37.2 Å². The van der Waals surface area contributed by atoms with Crippen LogP contribution >= 0.6 is 0 Å². The van der Waals surface area contributed by atoms with E-state index in [1.54, 1.807) is 0 Å². The fraction of sp³-hybridized carbons (Fsp3) is 0.467. The molecule has 0 atom stereocenters. The van der Waals surface area contributed by atoms with E-state index in [1.807, 2.05) is 12.1 Å². The smallest absolute Gasteiger partial charge is 0.279 e. The Bertz CT molecular complexity index is 763. The lowest BCUT2D eigenvalue weighted by molar-refractivity contribution is 0.505. The van der Waals surface area contributed by atoms with Gasteiger partial charge >= 0.3 is 0 Å². The maximum Gasteiger partial charge on any atom is 0.279 e. The zero-order valence-corrected chi connectivity index (χ0v) is 13.3. The van der Waals surface area contributed by atoms with Crippen LogP contribution in [0.25, 0.3) is 10.9 Å². The second-order valence-corrected chi connectivity index (χ2v) is 7.75. The third kappa shape index (κ3) is 2.84. The molecular weight excluding hydrogens is 286 g/mol. The topological polar surface area (TPSA) is 65.2 Å². The fourth-order valence-electron chi connectivity index (χ4n) is 2.87. The summed E-state index contributed by atoms with van der Waals surface area (Å²) >= 11 is 0. The van der Waals surface area contributed by atoms with Gasteiger partial charge in [0.15, 0.2) is 0 Å². The molecule has 0 radical (unpaired) electrons. The highest BCUT2D eigenvalue weighted by atomic mass is 32.2. The summed E-state index contributed by atoms with van der Waals surface area (Å²) in [5.41, 5.74) is 4.90. The van der Waals surface area contributed by atoms with Gasteiger partial charge in [-0.05, 0) is 48.9 Å². The normalized spacial score (nSPS) is 15.6. The molecule has 5 nitrogen and oxygen atoms in total. The first-order valence-electron chi connectivity index (χ1n) is 7.27. The number of aryl methyl sites for hydroxylation is 2. The predicted molar refractivity (Wildman–Crippen MR) is 84.4 cm³/mol. The van der Waals surface area contributed by atoms with Crippen LogP contribution in [0.5, 0.6) is 0 Å². The van der Waals surface area contributed by atoms with E-state index in [1.165, 1.54) is 47.9 Å². The zero-order chi connectivity index (χ0) is 15.0. The molecule has 0 amide bonds. The van der Waals surface area contributed by atoms with Gasteiger partial charge in [0.05, 0.1) is 0 Å². The van der Waals surface area contributed by atoms with Crippen LogP contribution in [0.3, 0.4) is 0 Å². The summed E-state index contributed by atoms with van der Waals surface area (Å²) in [5.74, 6) is 0. The molecule has 0 unspecified atom stereocenters. The number of benzene rings is 1. The Balaban J connectivity index is 1.87. The van der Waals surface area contributed by atoms with Crippen LogP contribution in [-0.2, 0) is 29.6 Å². The van der Waals surface area contributed by atoms with Gasteiger partial charge in [-0.15, -0.1) is 0 Å². The average molecular weight is 307 g/mol. The molecule has 1 aliphatic rings. The highest BCUT2D eigenvalue weighted by Crippen LogP contribution is 2.29. The van der Waals surface area contributed by atoms with Crippen LogP contribution in [0.4, 0.5) is 0 Å². The summed E-state index contributed by atoms with van der Waals surface area (Å²) < 4.78 is 27.3. The number of fused-ring (bicyclic) bond motifs is 3. The summed E-state index contributed by atoms with van der Waals surface area (Å²) in [6, 6.07) is 6.13. The lowest BCUT2D eigenvalue weighted by atomic mass is 9.95. The predicted octanol–water partition coefficient (Wildman–Crippen LogP) is 1.94. The summed E-state index contributed by atoms with van der Waals surface area (Å²) in [7, 11) is -0.334. The largest absolute Gasteiger partial charge is 0.358 e. The van der Waals surface area contributed by atoms with E-state index in [4.69, 9.17) is 0 Å². The minimum Gasteiger partial charge on any atom is -0.358 e. The quantitative estimate of drug-likeness (QED) is 0.906. The number of aromatic amines is 1. The summed E-state index contributed by atoms with van der Waals surface area (Å²) in [6.07, 6.45) is 4.71. The minimum absolute atomic E-state index is 0.316. The standard InChI is InChI=1S/C15H21N3O2S/c1-18(2)21(19,20)16-10-11-7-8-15-13(9-11)12-5-3-4-6-14(12)17-15/h7-9,16-17H,3-6,10H2,1-2H3. The van der Waals surface area contributed by atoms with Crippen molar-refractivity contribution in [2.24, 2.45) is 0 Å². The molecule has 0 saturated carbocycles. The van der Waals surface area contributed by atoms with Crippen molar-refractivity contribution in [2.75, 3.05) is 14.1 Å². The van der Waals surface area contributed by atoms with Crippen LogP contribution in [-0.4, -0.2) is 31.8 Å². The molecule has 114 valence electrons. The molecule has 3 rings (SSSR count). The van der Waals surface area contributed by atoms with Gasteiger partial charge in [-0.2, -0.15) is 17.4 Å². The van der Waals surface area contributed by atoms with Gasteiger partial charge < -0.3 is 4.98 Å². The fourth-order valence-corrected chi connectivity index (χ4v) is 3.47. The number of rotatable bonds is 4. The molecule has 2 aromatic rings. The molecule has 1 heterocycles. The van der Waals surface area contributed by atoms with Gasteiger partial charge in [0.25, 0.3) is 10.2 Å². The Labute approximate surface area is 125 Å². The number of H-pyrrole nitrogens is 1. The third-order valence-electron chi connectivity index (χ3n) is 4.10. The Morgan fingerprint density at radius 3 is 2.76 bits per heavy atom. The maximum absolute atomic E-state index is 11.8. The molecular formula is C15H21N3O2S. The number of hydrogen-bond donors (Lipinski definition) is 2. The van der Waals surface area contributed by atoms with Crippen molar-refractivity contribution >= 4 is 21.1 Å². The van der Waals surface area contributed by atoms with Gasteiger partial charge in [-0.3, -0.25) is 0 Å². The minimum atomic E-state index is -3.38. The second kappa shape index (κ2) is 5.44. The molecule has 0 saturated heterocycles. The highest BCUT2D eigenvalue weighted by Gasteiger charge is 2.16. The lowest BCUT2D eigenvalue weighted by Gasteiger charge is -2.13. The lowest BCUT2D eigenvalue weighted by Crippen LogP contribution is -2.35. The monoisotopic (exact) mass is 307 g/mol. The van der Waals surface area contributed by atoms with Gasteiger partial charge in [-0.1, -0.05) is 6.07 Å². The van der Waals surface area contributed by atoms with Crippen LogP contribution in [0.2, 0.25) is 0 Å². The van der Waals surface area contributed by atoms with Crippen LogP contribution in [0.15, 0.2) is 18.2 Å². The molecule has 6 heteroatoms. The first-order chi connectivity index (χ1) is 9.97. The van der Waals surface area contributed by atoms with Crippen molar-refractivity contribution < 1.29 is 8.42 Å². The van der Waals surface area contributed by atoms with Crippen molar-refractivity contribution in [3.05, 3.63) is 35.0 Å². The van der Waals surface area contributed by atoms with E-state index in [9.17, 15) is 8.42 Å². The SMILES string of the molecule is CN(C)S(=O)(=O)NCc1ccc2[nH]c3c(c2c1)CCCC3. The van der Waals surface area contributed by atoms with Crippen LogP contribution in [0, 0.1) is 0 Å². The first-order valence-corrected chi connectivity index (χ1v) is 8.71. The van der Waals surface area contributed by atoms with E-state index < -0.39 is 10.2 Å². The molecule has 1 aromatic heterocycles. The van der Waals surface area contributed by atoms with E-state index >= 15 is 0 Å². The number of hydrogen-bond acceptors (Lipinski definition) is 2. The Hall–Kier alpha value is -1.37. The van der Waals surface area contributed by atoms with E-state index in [0.29, 0.717) is 6.54 Å². The van der Waals surface area contributed by atoms with E-state index in [-0.39, 0.29) is 0 Å². The Kier molecular flexibility index (Phi) is 3.77. The summed E-state index contributed by atoms with van der Waals surface area (Å²) in [5, 5.41) is 1.24. The number of nitrogens with zero attached hydrogens (tertiary/aromatic N) is 1.